The average molecular weight is 330 g/mol. The van der Waals surface area contributed by atoms with Crippen molar-refractivity contribution < 1.29 is 9.59 Å². The number of rotatable bonds is 6. The number of amides is 2. The molecule has 1 saturated carbocycles. The van der Waals surface area contributed by atoms with Crippen molar-refractivity contribution in [3.63, 3.8) is 0 Å². The van der Waals surface area contributed by atoms with E-state index < -0.39 is 0 Å². The number of benzene rings is 1. The molecule has 2 amide bonds. The topological polar surface area (TPSA) is 97.1 Å². The molecule has 0 aliphatic heterocycles. The first-order valence-corrected chi connectivity index (χ1v) is 8.40. The third-order valence-corrected chi connectivity index (χ3v) is 4.28. The van der Waals surface area contributed by atoms with Gasteiger partial charge in [0.25, 0.3) is 0 Å². The second kappa shape index (κ2) is 6.89. The maximum atomic E-state index is 11.7. The van der Waals surface area contributed by atoms with Crippen LogP contribution in [0.2, 0.25) is 0 Å². The Morgan fingerprint density at radius 1 is 1.22 bits per heavy atom. The summed E-state index contributed by atoms with van der Waals surface area (Å²) in [5, 5.41) is 8.07. The first kappa shape index (κ1) is 15.6. The predicted octanol–water partition coefficient (Wildman–Crippen LogP) is 2.45. The molecule has 2 aromatic rings. The molecule has 0 saturated heterocycles. The lowest BCUT2D eigenvalue weighted by Gasteiger charge is -2.04. The van der Waals surface area contributed by atoms with Gasteiger partial charge in [-0.3, -0.25) is 9.59 Å². The zero-order chi connectivity index (χ0) is 16.2. The summed E-state index contributed by atoms with van der Waals surface area (Å²) >= 11 is 1.37. The van der Waals surface area contributed by atoms with Gasteiger partial charge in [0.05, 0.1) is 5.69 Å². The normalized spacial score (nSPS) is 13.6. The Morgan fingerprint density at radius 2 is 1.96 bits per heavy atom. The third-order valence-electron chi connectivity index (χ3n) is 3.52. The first-order valence-electron chi connectivity index (χ1n) is 7.52. The lowest BCUT2D eigenvalue weighted by atomic mass is 10.1. The first-order chi connectivity index (χ1) is 11.2. The van der Waals surface area contributed by atoms with Crippen LogP contribution < -0.4 is 16.4 Å². The fraction of sp³-hybridized carbons (Fsp3) is 0.312. The Balaban J connectivity index is 1.63. The summed E-state index contributed by atoms with van der Waals surface area (Å²) in [6, 6.07) is 7.54. The molecule has 1 aliphatic carbocycles. The van der Waals surface area contributed by atoms with Crippen molar-refractivity contribution in [3.05, 3.63) is 29.6 Å². The van der Waals surface area contributed by atoms with Crippen molar-refractivity contribution in [2.45, 2.75) is 19.3 Å². The Kier molecular flexibility index (Phi) is 4.68. The number of anilines is 2. The lowest BCUT2D eigenvalue weighted by molar-refractivity contribution is -0.117. The van der Waals surface area contributed by atoms with E-state index in [2.05, 4.69) is 15.6 Å². The summed E-state index contributed by atoms with van der Waals surface area (Å²) in [5.41, 5.74) is 7.86. The fourth-order valence-corrected chi connectivity index (χ4v) is 2.83. The van der Waals surface area contributed by atoms with Crippen molar-refractivity contribution >= 4 is 34.0 Å². The van der Waals surface area contributed by atoms with E-state index in [4.69, 9.17) is 5.73 Å². The van der Waals surface area contributed by atoms with Gasteiger partial charge in [-0.25, -0.2) is 4.98 Å². The highest BCUT2D eigenvalue weighted by atomic mass is 32.1. The van der Waals surface area contributed by atoms with Crippen LogP contribution in [0.25, 0.3) is 11.3 Å². The molecular weight excluding hydrogens is 312 g/mol. The Hall–Kier alpha value is -2.25. The minimum atomic E-state index is -0.133. The van der Waals surface area contributed by atoms with Crippen LogP contribution >= 0.6 is 11.3 Å². The number of hydrogen-bond acceptors (Lipinski definition) is 5. The van der Waals surface area contributed by atoms with Crippen LogP contribution in [0.15, 0.2) is 29.6 Å². The molecule has 6 nitrogen and oxygen atoms in total. The molecule has 1 fully saturated rings. The molecule has 0 bridgehead atoms. The Morgan fingerprint density at radius 3 is 2.61 bits per heavy atom. The highest BCUT2D eigenvalue weighted by Gasteiger charge is 2.29. The maximum Gasteiger partial charge on any atom is 0.227 e. The van der Waals surface area contributed by atoms with Gasteiger partial charge in [0.1, 0.15) is 0 Å². The molecule has 0 spiro atoms. The van der Waals surface area contributed by atoms with Crippen molar-refractivity contribution in [3.8, 4) is 11.3 Å². The third kappa shape index (κ3) is 4.14. The summed E-state index contributed by atoms with van der Waals surface area (Å²) < 4.78 is 0. The van der Waals surface area contributed by atoms with Crippen LogP contribution in [0.3, 0.4) is 0 Å². The van der Waals surface area contributed by atoms with Crippen molar-refractivity contribution in [1.82, 2.24) is 4.98 Å². The van der Waals surface area contributed by atoms with E-state index in [0.717, 1.165) is 29.8 Å². The predicted molar refractivity (Wildman–Crippen MR) is 91.2 cm³/mol. The van der Waals surface area contributed by atoms with Crippen LogP contribution in [-0.4, -0.2) is 23.3 Å². The molecule has 3 rings (SSSR count). The smallest absolute Gasteiger partial charge is 0.227 e. The fourth-order valence-electron chi connectivity index (χ4n) is 2.09. The molecule has 0 unspecified atom stereocenters. The van der Waals surface area contributed by atoms with Gasteiger partial charge in [-0.2, -0.15) is 0 Å². The second-order valence-corrected chi connectivity index (χ2v) is 6.32. The number of nitrogens with zero attached hydrogens (tertiary/aromatic N) is 1. The van der Waals surface area contributed by atoms with Gasteiger partial charge in [0.15, 0.2) is 5.13 Å². The summed E-state index contributed by atoms with van der Waals surface area (Å²) in [5.74, 6) is 0.149. The van der Waals surface area contributed by atoms with Crippen molar-refractivity contribution in [2.75, 3.05) is 17.2 Å². The highest BCUT2D eigenvalue weighted by Crippen LogP contribution is 2.31. The zero-order valence-corrected chi connectivity index (χ0v) is 13.4. The van der Waals surface area contributed by atoms with Crippen LogP contribution in [0, 0.1) is 5.92 Å². The van der Waals surface area contributed by atoms with E-state index in [0.29, 0.717) is 11.7 Å². The van der Waals surface area contributed by atoms with Gasteiger partial charge in [0, 0.05) is 35.5 Å². The van der Waals surface area contributed by atoms with E-state index in [1.807, 2.05) is 29.6 Å². The van der Waals surface area contributed by atoms with E-state index in [1.54, 1.807) is 0 Å². The minimum absolute atomic E-state index is 0.0938. The van der Waals surface area contributed by atoms with Gasteiger partial charge in [-0.15, -0.1) is 11.3 Å². The van der Waals surface area contributed by atoms with Gasteiger partial charge in [0.2, 0.25) is 11.8 Å². The quantitative estimate of drug-likeness (QED) is 0.758. The Labute approximate surface area is 138 Å². The van der Waals surface area contributed by atoms with Crippen LogP contribution in [0.1, 0.15) is 19.3 Å². The molecule has 1 aromatic carbocycles. The molecule has 23 heavy (non-hydrogen) atoms. The van der Waals surface area contributed by atoms with Gasteiger partial charge < -0.3 is 16.4 Å². The SMILES string of the molecule is NCCC(=O)Nc1nc(-c2ccc(NC(=O)C3CC3)cc2)cs1. The van der Waals surface area contributed by atoms with Gasteiger partial charge >= 0.3 is 0 Å². The summed E-state index contributed by atoms with van der Waals surface area (Å²) in [4.78, 5) is 27.6. The lowest BCUT2D eigenvalue weighted by Crippen LogP contribution is -2.15. The number of carbonyl (C=O) groups is 2. The number of thiazole rings is 1. The molecule has 120 valence electrons. The molecule has 4 N–H and O–H groups in total. The number of carbonyl (C=O) groups excluding carboxylic acids is 2. The van der Waals surface area contributed by atoms with Crippen LogP contribution in [0.4, 0.5) is 10.8 Å². The summed E-state index contributed by atoms with van der Waals surface area (Å²) in [7, 11) is 0. The number of hydrogen-bond donors (Lipinski definition) is 3. The molecule has 7 heteroatoms. The van der Waals surface area contributed by atoms with Crippen molar-refractivity contribution in [1.29, 1.82) is 0 Å². The maximum absolute atomic E-state index is 11.7. The van der Waals surface area contributed by atoms with Crippen LogP contribution in [-0.2, 0) is 9.59 Å². The van der Waals surface area contributed by atoms with Crippen LogP contribution in [0.5, 0.6) is 0 Å². The minimum Gasteiger partial charge on any atom is -0.330 e. The van der Waals surface area contributed by atoms with E-state index in [-0.39, 0.29) is 24.2 Å². The summed E-state index contributed by atoms with van der Waals surface area (Å²) in [6.45, 7) is 0.318. The highest BCUT2D eigenvalue weighted by molar-refractivity contribution is 7.14. The molecule has 1 aliphatic rings. The number of nitrogens with two attached hydrogens (primary N) is 1. The standard InChI is InChI=1S/C16H18N4O2S/c17-8-7-14(21)20-16-19-13(9-23-16)10-3-5-12(6-4-10)18-15(22)11-1-2-11/h3-6,9,11H,1-2,7-8,17H2,(H,18,22)(H,19,20,21). The second-order valence-electron chi connectivity index (χ2n) is 5.47. The molecule has 0 atom stereocenters. The number of nitrogens with one attached hydrogen (secondary N) is 2. The van der Waals surface area contributed by atoms with Crippen molar-refractivity contribution in [2.24, 2.45) is 11.7 Å². The van der Waals surface area contributed by atoms with Gasteiger partial charge in [-0.05, 0) is 25.0 Å². The number of aromatic nitrogens is 1. The monoisotopic (exact) mass is 330 g/mol. The molecule has 1 heterocycles. The molecular formula is C16H18N4O2S. The van der Waals surface area contributed by atoms with E-state index in [9.17, 15) is 9.59 Å². The summed E-state index contributed by atoms with van der Waals surface area (Å²) in [6.07, 6.45) is 2.26. The van der Waals surface area contributed by atoms with E-state index in [1.165, 1.54) is 11.3 Å². The van der Waals surface area contributed by atoms with Gasteiger partial charge in [-0.1, -0.05) is 12.1 Å². The molecule has 1 aromatic heterocycles. The average Bonchev–Trinajstić information content (AvgIpc) is 3.29. The Bertz CT molecular complexity index is 707. The van der Waals surface area contributed by atoms with E-state index >= 15 is 0 Å². The zero-order valence-electron chi connectivity index (χ0n) is 12.5. The molecule has 0 radical (unpaired) electrons. The largest absolute Gasteiger partial charge is 0.330 e.